The van der Waals surface area contributed by atoms with Gasteiger partial charge in [0.05, 0.1) is 24.2 Å². The van der Waals surface area contributed by atoms with E-state index in [1.165, 1.54) is 29.4 Å². The Morgan fingerprint density at radius 3 is 2.44 bits per heavy atom. The van der Waals surface area contributed by atoms with E-state index in [0.717, 1.165) is 17.4 Å². The summed E-state index contributed by atoms with van der Waals surface area (Å²) in [5.74, 6) is -0.252. The maximum absolute atomic E-state index is 13.7. The highest BCUT2D eigenvalue weighted by Crippen LogP contribution is 2.42. The van der Waals surface area contributed by atoms with Gasteiger partial charge in [0, 0.05) is 30.5 Å². The number of hydrogen-bond donors (Lipinski definition) is 2. The fourth-order valence-corrected chi connectivity index (χ4v) is 5.15. The predicted molar refractivity (Wildman–Crippen MR) is 131 cm³/mol. The fourth-order valence-electron chi connectivity index (χ4n) is 4.26. The lowest BCUT2D eigenvalue weighted by atomic mass is 9.89. The molecule has 9 heteroatoms. The lowest BCUT2D eigenvalue weighted by Gasteiger charge is -2.22. The number of fused-ring (bicyclic) bond motifs is 1. The molecule has 0 amide bonds. The van der Waals surface area contributed by atoms with Crippen molar-refractivity contribution < 1.29 is 27.8 Å². The highest BCUT2D eigenvalue weighted by molar-refractivity contribution is 7.92. The van der Waals surface area contributed by atoms with Gasteiger partial charge in [-0.25, -0.2) is 17.8 Å². The molecule has 0 bridgehead atoms. The Kier molecular flexibility index (Phi) is 7.90. The Morgan fingerprint density at radius 2 is 1.88 bits per heavy atom. The number of aliphatic hydroxyl groups excluding tert-OH is 2. The molecule has 0 saturated heterocycles. The first kappa shape index (κ1) is 26.0. The number of Topliss-reactive ketones (excluding diaryl/α,β-unsaturated/α-hetero) is 1. The molecule has 0 fully saturated rings. The smallest absolute Gasteiger partial charge is 0.233 e. The van der Waals surface area contributed by atoms with Gasteiger partial charge in [-0.2, -0.15) is 0 Å². The third-order valence-electron chi connectivity index (χ3n) is 5.75. The minimum atomic E-state index is -3.53. The molecule has 34 heavy (non-hydrogen) atoms. The van der Waals surface area contributed by atoms with E-state index >= 15 is 0 Å². The van der Waals surface area contributed by atoms with Gasteiger partial charge in [-0.05, 0) is 42.5 Å². The van der Waals surface area contributed by atoms with Crippen LogP contribution in [0.4, 0.5) is 10.2 Å². The number of benzene rings is 1. The normalized spacial score (nSPS) is 15.7. The fraction of sp³-hybridized carbons (Fsp3) is 0.440. The summed E-state index contributed by atoms with van der Waals surface area (Å²) >= 11 is 0. The summed E-state index contributed by atoms with van der Waals surface area (Å²) in [6.45, 7) is 5.52. The lowest BCUT2D eigenvalue weighted by molar-refractivity contribution is -0.119. The monoisotopic (exact) mass is 490 g/mol. The van der Waals surface area contributed by atoms with Crippen LogP contribution in [-0.4, -0.2) is 54.4 Å². The number of carbonyl (C=O) groups excluding carboxylic acids is 1. The second kappa shape index (κ2) is 10.3. The number of rotatable bonds is 9. The Labute approximate surface area is 200 Å². The number of pyridine rings is 1. The van der Waals surface area contributed by atoms with E-state index in [4.69, 9.17) is 4.98 Å². The van der Waals surface area contributed by atoms with Gasteiger partial charge in [0.25, 0.3) is 0 Å². The number of aromatic nitrogens is 1. The second-order valence-electron chi connectivity index (χ2n) is 9.06. The Hall–Kier alpha value is -2.62. The van der Waals surface area contributed by atoms with Crippen molar-refractivity contribution in [3.05, 3.63) is 53.0 Å². The molecule has 1 aromatic carbocycles. The van der Waals surface area contributed by atoms with Crippen molar-refractivity contribution in [2.24, 2.45) is 0 Å². The Bertz CT molecular complexity index is 1190. The summed E-state index contributed by atoms with van der Waals surface area (Å²) in [6, 6.07) is 5.98. The first-order chi connectivity index (χ1) is 15.9. The highest BCUT2D eigenvalue weighted by atomic mass is 32.2. The number of nitrogens with zero attached hydrogens (tertiary/aromatic N) is 2. The van der Waals surface area contributed by atoms with Gasteiger partial charge in [0.15, 0.2) is 0 Å². The van der Waals surface area contributed by atoms with E-state index in [0.29, 0.717) is 29.1 Å². The second-order valence-corrected chi connectivity index (χ2v) is 11.0. The summed E-state index contributed by atoms with van der Waals surface area (Å²) < 4.78 is 39.7. The maximum atomic E-state index is 13.7. The third kappa shape index (κ3) is 5.89. The topological polar surface area (TPSA) is 108 Å². The molecule has 1 aromatic heterocycles. The molecule has 2 N–H and O–H groups in total. The molecule has 184 valence electrons. The van der Waals surface area contributed by atoms with E-state index in [1.54, 1.807) is 18.2 Å². The predicted octanol–water partition coefficient (Wildman–Crippen LogP) is 3.44. The molecule has 0 unspecified atom stereocenters. The van der Waals surface area contributed by atoms with Gasteiger partial charge in [-0.15, -0.1) is 0 Å². The number of aliphatic hydroxyl groups is 2. The summed E-state index contributed by atoms with van der Waals surface area (Å²) in [7, 11) is -3.53. The number of hydrogen-bond acceptors (Lipinski definition) is 6. The quantitative estimate of drug-likeness (QED) is 0.558. The van der Waals surface area contributed by atoms with Crippen molar-refractivity contribution >= 4 is 27.7 Å². The van der Waals surface area contributed by atoms with Crippen molar-refractivity contribution in [2.45, 2.75) is 58.2 Å². The summed E-state index contributed by atoms with van der Waals surface area (Å²) in [5, 5.41) is 20.4. The number of anilines is 1. The summed E-state index contributed by atoms with van der Waals surface area (Å²) in [6.07, 6.45) is 2.85. The maximum Gasteiger partial charge on any atom is 0.233 e. The number of ketones is 1. The summed E-state index contributed by atoms with van der Waals surface area (Å²) in [4.78, 5) is 16.0. The molecule has 0 aliphatic carbocycles. The van der Waals surface area contributed by atoms with Crippen LogP contribution in [0.5, 0.6) is 0 Å². The number of carbonyl (C=O) groups is 1. The van der Waals surface area contributed by atoms with Crippen molar-refractivity contribution in [3.8, 4) is 11.1 Å². The zero-order valence-electron chi connectivity index (χ0n) is 19.8. The van der Waals surface area contributed by atoms with Gasteiger partial charge in [-0.1, -0.05) is 38.1 Å². The van der Waals surface area contributed by atoms with Crippen LogP contribution < -0.4 is 4.31 Å². The van der Waals surface area contributed by atoms with E-state index in [9.17, 15) is 27.8 Å². The van der Waals surface area contributed by atoms with Crippen molar-refractivity contribution in [1.29, 1.82) is 0 Å². The van der Waals surface area contributed by atoms with Crippen LogP contribution in [0.1, 0.15) is 56.4 Å². The van der Waals surface area contributed by atoms with Gasteiger partial charge < -0.3 is 10.2 Å². The zero-order chi connectivity index (χ0) is 25.2. The van der Waals surface area contributed by atoms with Crippen LogP contribution in [-0.2, 0) is 21.2 Å². The van der Waals surface area contributed by atoms with Gasteiger partial charge in [0.1, 0.15) is 17.4 Å². The average Bonchev–Trinajstić information content (AvgIpc) is 3.15. The molecular weight excluding hydrogens is 459 g/mol. The van der Waals surface area contributed by atoms with E-state index in [2.05, 4.69) is 0 Å². The first-order valence-corrected chi connectivity index (χ1v) is 13.1. The molecule has 7 nitrogen and oxygen atoms in total. The minimum absolute atomic E-state index is 0.000795. The molecule has 0 radical (unpaired) electrons. The molecular formula is C25H31FN2O5S. The van der Waals surface area contributed by atoms with Gasteiger partial charge in [0.2, 0.25) is 10.0 Å². The van der Waals surface area contributed by atoms with Crippen LogP contribution in [0, 0.1) is 5.82 Å². The first-order valence-electron chi connectivity index (χ1n) is 11.2. The number of halogens is 1. The molecule has 2 aromatic rings. The largest absolute Gasteiger partial charge is 0.393 e. The van der Waals surface area contributed by atoms with E-state index < -0.39 is 22.2 Å². The van der Waals surface area contributed by atoms with Crippen LogP contribution in [0.3, 0.4) is 0 Å². The molecule has 1 aliphatic heterocycles. The van der Waals surface area contributed by atoms with Crippen molar-refractivity contribution in [1.82, 2.24) is 4.98 Å². The van der Waals surface area contributed by atoms with Crippen LogP contribution >= 0.6 is 0 Å². The van der Waals surface area contributed by atoms with Crippen molar-refractivity contribution in [2.75, 3.05) is 17.1 Å². The van der Waals surface area contributed by atoms with Crippen LogP contribution in [0.25, 0.3) is 17.2 Å². The molecule has 2 atom stereocenters. The third-order valence-corrected chi connectivity index (χ3v) is 6.90. The van der Waals surface area contributed by atoms with E-state index in [1.807, 2.05) is 13.8 Å². The van der Waals surface area contributed by atoms with E-state index in [-0.39, 0.29) is 36.9 Å². The Balaban J connectivity index is 2.16. The minimum Gasteiger partial charge on any atom is -0.393 e. The SMILES string of the molecule is CC(=O)C[C@H](O)C[C@H](O)/C=C/c1c(C(C)C)nc2c(c1-c1ccc(F)cc1)CCN2S(C)(=O)=O. The molecule has 2 heterocycles. The molecule has 3 rings (SSSR count). The van der Waals surface area contributed by atoms with Gasteiger partial charge in [-0.3, -0.25) is 9.10 Å². The number of sulfonamides is 1. The van der Waals surface area contributed by atoms with Gasteiger partial charge >= 0.3 is 0 Å². The zero-order valence-corrected chi connectivity index (χ0v) is 20.6. The van der Waals surface area contributed by atoms with Crippen LogP contribution in [0.15, 0.2) is 30.3 Å². The molecule has 0 saturated carbocycles. The van der Waals surface area contributed by atoms with Crippen LogP contribution in [0.2, 0.25) is 0 Å². The van der Waals surface area contributed by atoms with Crippen molar-refractivity contribution in [3.63, 3.8) is 0 Å². The molecule has 0 spiro atoms. The highest BCUT2D eigenvalue weighted by Gasteiger charge is 2.33. The standard InChI is InChI=1S/C25H31FN2O5S/c1-15(2)24-21(10-9-19(30)14-20(31)13-16(3)29)23(17-5-7-18(26)8-6-17)22-11-12-28(25(22)27-24)34(4,32)33/h5-10,15,19-20,30-31H,11-14H2,1-4H3/b10-9+/t19-,20+/m1/s1. The lowest BCUT2D eigenvalue weighted by Crippen LogP contribution is -2.28. The average molecular weight is 491 g/mol. The molecule has 1 aliphatic rings. The summed E-state index contributed by atoms with van der Waals surface area (Å²) in [5.41, 5.74) is 3.54. The Morgan fingerprint density at radius 1 is 1.24 bits per heavy atom.